The molecule has 3 heterocycles. The third-order valence-corrected chi connectivity index (χ3v) is 6.88. The van der Waals surface area contributed by atoms with Gasteiger partial charge in [0.1, 0.15) is 0 Å². The predicted molar refractivity (Wildman–Crippen MR) is 136 cm³/mol. The highest BCUT2D eigenvalue weighted by Crippen LogP contribution is 2.34. The molecule has 0 radical (unpaired) electrons. The molecule has 1 saturated heterocycles. The number of fused-ring (bicyclic) bond motifs is 1. The van der Waals surface area contributed by atoms with Crippen molar-refractivity contribution in [3.05, 3.63) is 77.2 Å². The second-order valence-corrected chi connectivity index (χ2v) is 9.50. The number of pyridine rings is 1. The summed E-state index contributed by atoms with van der Waals surface area (Å²) in [6.45, 7) is 4.65. The molecule has 1 aliphatic rings. The highest BCUT2D eigenvalue weighted by molar-refractivity contribution is 6.31. The number of aryl methyl sites for hydroxylation is 1. The predicted octanol–water partition coefficient (Wildman–Crippen LogP) is 7.55. The van der Waals surface area contributed by atoms with Crippen molar-refractivity contribution in [2.24, 2.45) is 0 Å². The molecule has 5 heteroatoms. The Bertz CT molecular complexity index is 1210. The Morgan fingerprint density at radius 3 is 2.31 bits per heavy atom. The van der Waals surface area contributed by atoms with E-state index in [0.717, 1.165) is 46.2 Å². The Morgan fingerprint density at radius 2 is 1.50 bits per heavy atom. The van der Waals surface area contributed by atoms with Crippen LogP contribution in [0, 0.1) is 0 Å². The first-order chi connectivity index (χ1) is 15.7. The molecule has 1 aliphatic heterocycles. The minimum absolute atomic E-state index is 0.736. The van der Waals surface area contributed by atoms with Gasteiger partial charge >= 0.3 is 0 Å². The zero-order valence-electron chi connectivity index (χ0n) is 18.1. The third-order valence-electron chi connectivity index (χ3n) is 6.39. The second kappa shape index (κ2) is 9.66. The van der Waals surface area contributed by atoms with E-state index in [1.165, 1.54) is 48.8 Å². The molecule has 0 spiro atoms. The molecule has 0 amide bonds. The van der Waals surface area contributed by atoms with Crippen LogP contribution in [0.5, 0.6) is 0 Å². The molecule has 2 aromatic carbocycles. The highest BCUT2D eigenvalue weighted by Gasteiger charge is 2.14. The SMILES string of the molecule is Clc1ccc(-c2cncc(-c3cn(CCCN4CCCCC4)c4ccc(Cl)cc34)c2)cc1. The standard InChI is InChI=1S/C27H27Cl2N3/c28-23-7-5-20(6-8-23)21-15-22(18-30-17-21)26-19-32(27-10-9-24(29)16-25(26)27)14-4-13-31-11-2-1-3-12-31/h5-10,15-19H,1-4,11-14H2. The number of hydrogen-bond acceptors (Lipinski definition) is 2. The van der Waals surface area contributed by atoms with E-state index in [-0.39, 0.29) is 0 Å². The maximum atomic E-state index is 6.39. The van der Waals surface area contributed by atoms with Crippen molar-refractivity contribution in [1.82, 2.24) is 14.5 Å². The van der Waals surface area contributed by atoms with Crippen LogP contribution in [0.2, 0.25) is 10.0 Å². The van der Waals surface area contributed by atoms with E-state index in [4.69, 9.17) is 23.2 Å². The second-order valence-electron chi connectivity index (χ2n) is 8.62. The Balaban J connectivity index is 1.45. The fourth-order valence-electron chi connectivity index (χ4n) is 4.72. The number of hydrogen-bond donors (Lipinski definition) is 0. The highest BCUT2D eigenvalue weighted by atomic mass is 35.5. The molecule has 0 unspecified atom stereocenters. The molecule has 0 atom stereocenters. The first-order valence-corrected chi connectivity index (χ1v) is 12.1. The van der Waals surface area contributed by atoms with E-state index in [9.17, 15) is 0 Å². The minimum Gasteiger partial charge on any atom is -0.347 e. The normalized spacial score (nSPS) is 14.8. The summed E-state index contributed by atoms with van der Waals surface area (Å²) >= 11 is 12.5. The molecule has 164 valence electrons. The summed E-state index contributed by atoms with van der Waals surface area (Å²) in [6.07, 6.45) is 11.3. The number of likely N-dealkylation sites (tertiary alicyclic amines) is 1. The fourth-order valence-corrected chi connectivity index (χ4v) is 5.02. The van der Waals surface area contributed by atoms with Gasteiger partial charge in [-0.2, -0.15) is 0 Å². The van der Waals surface area contributed by atoms with Crippen LogP contribution in [0.1, 0.15) is 25.7 Å². The van der Waals surface area contributed by atoms with Crippen molar-refractivity contribution in [2.45, 2.75) is 32.2 Å². The lowest BCUT2D eigenvalue weighted by molar-refractivity contribution is 0.223. The zero-order valence-corrected chi connectivity index (χ0v) is 19.6. The lowest BCUT2D eigenvalue weighted by Crippen LogP contribution is -2.31. The molecule has 1 fully saturated rings. The molecule has 0 bridgehead atoms. The summed E-state index contributed by atoms with van der Waals surface area (Å²) in [6, 6.07) is 16.3. The van der Waals surface area contributed by atoms with Crippen LogP contribution in [0.25, 0.3) is 33.2 Å². The number of halogens is 2. The lowest BCUT2D eigenvalue weighted by atomic mass is 10.0. The van der Waals surface area contributed by atoms with Crippen LogP contribution in [-0.2, 0) is 6.54 Å². The molecule has 0 saturated carbocycles. The first-order valence-electron chi connectivity index (χ1n) is 11.4. The summed E-state index contributed by atoms with van der Waals surface area (Å²) < 4.78 is 2.37. The summed E-state index contributed by atoms with van der Waals surface area (Å²) in [7, 11) is 0. The van der Waals surface area contributed by atoms with Gasteiger partial charge in [-0.15, -0.1) is 0 Å². The third kappa shape index (κ3) is 4.71. The first kappa shape index (κ1) is 21.5. The van der Waals surface area contributed by atoms with Gasteiger partial charge in [-0.25, -0.2) is 0 Å². The van der Waals surface area contributed by atoms with E-state index in [2.05, 4.69) is 38.8 Å². The zero-order chi connectivity index (χ0) is 21.9. The molecule has 4 aromatic rings. The average Bonchev–Trinajstić information content (AvgIpc) is 3.18. The van der Waals surface area contributed by atoms with E-state index in [1.807, 2.05) is 42.7 Å². The van der Waals surface area contributed by atoms with Gasteiger partial charge in [0.15, 0.2) is 0 Å². The summed E-state index contributed by atoms with van der Waals surface area (Å²) in [5, 5.41) is 2.66. The molecule has 0 N–H and O–H groups in total. The van der Waals surface area contributed by atoms with Gasteiger partial charge in [-0.05, 0) is 80.9 Å². The van der Waals surface area contributed by atoms with Crippen LogP contribution < -0.4 is 0 Å². The van der Waals surface area contributed by atoms with Gasteiger partial charge in [-0.1, -0.05) is 41.8 Å². The molecular formula is C27H27Cl2N3. The van der Waals surface area contributed by atoms with E-state index < -0.39 is 0 Å². The van der Waals surface area contributed by atoms with Gasteiger partial charge < -0.3 is 9.47 Å². The van der Waals surface area contributed by atoms with E-state index in [0.29, 0.717) is 0 Å². The van der Waals surface area contributed by atoms with E-state index >= 15 is 0 Å². The number of aromatic nitrogens is 2. The quantitative estimate of drug-likeness (QED) is 0.294. The summed E-state index contributed by atoms with van der Waals surface area (Å²) in [5.74, 6) is 0. The summed E-state index contributed by atoms with van der Waals surface area (Å²) in [4.78, 5) is 7.14. The van der Waals surface area contributed by atoms with Crippen LogP contribution in [0.15, 0.2) is 67.1 Å². The number of piperidine rings is 1. The maximum absolute atomic E-state index is 6.39. The molecular weight excluding hydrogens is 437 g/mol. The van der Waals surface area contributed by atoms with Crippen LogP contribution in [0.3, 0.4) is 0 Å². The molecule has 2 aromatic heterocycles. The van der Waals surface area contributed by atoms with E-state index in [1.54, 1.807) is 0 Å². The van der Waals surface area contributed by atoms with Gasteiger partial charge in [0, 0.05) is 62.8 Å². The Labute approximate surface area is 199 Å². The van der Waals surface area contributed by atoms with Crippen molar-refractivity contribution >= 4 is 34.1 Å². The van der Waals surface area contributed by atoms with Gasteiger partial charge in [0.2, 0.25) is 0 Å². The lowest BCUT2D eigenvalue weighted by Gasteiger charge is -2.26. The van der Waals surface area contributed by atoms with Gasteiger partial charge in [-0.3, -0.25) is 4.98 Å². The van der Waals surface area contributed by atoms with Crippen LogP contribution >= 0.6 is 23.2 Å². The monoisotopic (exact) mass is 463 g/mol. The van der Waals surface area contributed by atoms with Crippen molar-refractivity contribution in [1.29, 1.82) is 0 Å². The van der Waals surface area contributed by atoms with Crippen molar-refractivity contribution < 1.29 is 0 Å². The average molecular weight is 464 g/mol. The van der Waals surface area contributed by atoms with Gasteiger partial charge in [0.25, 0.3) is 0 Å². The molecule has 5 rings (SSSR count). The smallest absolute Gasteiger partial charge is 0.0487 e. The molecule has 3 nitrogen and oxygen atoms in total. The van der Waals surface area contributed by atoms with Crippen molar-refractivity contribution in [3.8, 4) is 22.3 Å². The topological polar surface area (TPSA) is 21.1 Å². The number of benzene rings is 2. The Kier molecular flexibility index (Phi) is 6.49. The van der Waals surface area contributed by atoms with Crippen molar-refractivity contribution in [3.63, 3.8) is 0 Å². The van der Waals surface area contributed by atoms with Crippen molar-refractivity contribution in [2.75, 3.05) is 19.6 Å². The Morgan fingerprint density at radius 1 is 0.750 bits per heavy atom. The number of rotatable bonds is 6. The Hall–Kier alpha value is -2.33. The fraction of sp³-hybridized carbons (Fsp3) is 0.296. The molecule has 32 heavy (non-hydrogen) atoms. The number of nitrogens with zero attached hydrogens (tertiary/aromatic N) is 3. The van der Waals surface area contributed by atoms with Gasteiger partial charge in [0.05, 0.1) is 0 Å². The summed E-state index contributed by atoms with van der Waals surface area (Å²) in [5.41, 5.74) is 5.67. The minimum atomic E-state index is 0.736. The molecule has 0 aliphatic carbocycles. The maximum Gasteiger partial charge on any atom is 0.0487 e. The largest absolute Gasteiger partial charge is 0.347 e. The van der Waals surface area contributed by atoms with Crippen LogP contribution in [0.4, 0.5) is 0 Å². The van der Waals surface area contributed by atoms with Crippen LogP contribution in [-0.4, -0.2) is 34.1 Å².